The first-order valence-electron chi connectivity index (χ1n) is 6.98. The molecule has 0 aliphatic rings. The summed E-state index contributed by atoms with van der Waals surface area (Å²) in [5.41, 5.74) is 3.55. The monoisotopic (exact) mass is 292 g/mol. The lowest BCUT2D eigenvalue weighted by Crippen LogP contribution is -2.30. The maximum Gasteiger partial charge on any atom is 0.265 e. The largest absolute Gasteiger partial charge is 0.488 e. The molecule has 0 saturated heterocycles. The first-order valence-corrected chi connectivity index (χ1v) is 6.98. The number of carbonyl (C=O) groups is 1. The van der Waals surface area contributed by atoms with Gasteiger partial charge in [0.1, 0.15) is 12.4 Å². The van der Waals surface area contributed by atoms with Crippen LogP contribution in [0.15, 0.2) is 66.7 Å². The van der Waals surface area contributed by atoms with Gasteiger partial charge in [-0.2, -0.15) is 0 Å². The van der Waals surface area contributed by atoms with Gasteiger partial charge in [-0.25, -0.2) is 5.84 Å². The van der Waals surface area contributed by atoms with Gasteiger partial charge in [-0.15, -0.1) is 0 Å². The van der Waals surface area contributed by atoms with Gasteiger partial charge in [-0.3, -0.25) is 10.2 Å². The number of nitrogens with one attached hydrogen (secondary N) is 1. The first-order chi connectivity index (χ1) is 10.8. The zero-order chi connectivity index (χ0) is 15.4. The molecule has 0 aromatic heterocycles. The number of nitrogens with two attached hydrogens (primary N) is 1. The van der Waals surface area contributed by atoms with E-state index in [-0.39, 0.29) is 5.91 Å². The summed E-state index contributed by atoms with van der Waals surface area (Å²) in [6.07, 6.45) is 0. The van der Waals surface area contributed by atoms with Crippen molar-refractivity contribution in [3.8, 4) is 5.75 Å². The molecule has 0 atom stereocenters. The Labute approximate surface area is 128 Å². The number of benzene rings is 3. The molecule has 3 aromatic rings. The number of carbonyl (C=O) groups excluding carboxylic acids is 1. The molecule has 0 heterocycles. The molecule has 0 unspecified atom stereocenters. The maximum atomic E-state index is 11.5. The Bertz CT molecular complexity index is 810. The molecule has 3 rings (SSSR count). The van der Waals surface area contributed by atoms with Crippen molar-refractivity contribution < 1.29 is 9.53 Å². The van der Waals surface area contributed by atoms with E-state index in [4.69, 9.17) is 10.6 Å². The quantitative estimate of drug-likeness (QED) is 0.441. The highest BCUT2D eigenvalue weighted by Crippen LogP contribution is 2.25. The number of nitrogen functional groups attached to an aromatic ring is 1. The molecule has 0 fully saturated rings. The third kappa shape index (κ3) is 2.92. The van der Waals surface area contributed by atoms with Crippen LogP contribution in [0.2, 0.25) is 0 Å². The highest BCUT2D eigenvalue weighted by atomic mass is 16.5. The second kappa shape index (κ2) is 6.28. The van der Waals surface area contributed by atoms with Gasteiger partial charge in [0.2, 0.25) is 0 Å². The van der Waals surface area contributed by atoms with E-state index < -0.39 is 0 Å². The highest BCUT2D eigenvalue weighted by molar-refractivity contribution is 5.93. The Morgan fingerprint density at radius 2 is 1.77 bits per heavy atom. The van der Waals surface area contributed by atoms with Crippen molar-refractivity contribution in [1.82, 2.24) is 5.43 Å². The summed E-state index contributed by atoms with van der Waals surface area (Å²) < 4.78 is 5.91. The average molecular weight is 292 g/mol. The van der Waals surface area contributed by atoms with Crippen molar-refractivity contribution in [3.05, 3.63) is 77.9 Å². The minimum absolute atomic E-state index is 0.313. The van der Waals surface area contributed by atoms with Crippen LogP contribution in [0.5, 0.6) is 5.75 Å². The topological polar surface area (TPSA) is 64.3 Å². The van der Waals surface area contributed by atoms with Gasteiger partial charge in [0.15, 0.2) is 0 Å². The Balaban J connectivity index is 1.81. The van der Waals surface area contributed by atoms with Crippen LogP contribution in [-0.2, 0) is 6.61 Å². The zero-order valence-corrected chi connectivity index (χ0v) is 12.0. The van der Waals surface area contributed by atoms with Crippen molar-refractivity contribution >= 4 is 16.7 Å². The normalized spacial score (nSPS) is 10.4. The van der Waals surface area contributed by atoms with Crippen LogP contribution < -0.4 is 16.0 Å². The lowest BCUT2D eigenvalue weighted by Gasteiger charge is -2.10. The van der Waals surface area contributed by atoms with E-state index in [0.29, 0.717) is 12.2 Å². The number of rotatable bonds is 4. The molecule has 0 spiro atoms. The fourth-order valence-corrected chi connectivity index (χ4v) is 2.37. The summed E-state index contributed by atoms with van der Waals surface area (Å²) in [5.74, 6) is 5.66. The predicted molar refractivity (Wildman–Crippen MR) is 86.4 cm³/mol. The van der Waals surface area contributed by atoms with Crippen molar-refractivity contribution in [1.29, 1.82) is 0 Å². The average Bonchev–Trinajstić information content (AvgIpc) is 2.59. The van der Waals surface area contributed by atoms with Crippen LogP contribution >= 0.6 is 0 Å². The lowest BCUT2D eigenvalue weighted by atomic mass is 10.1. The fraction of sp³-hybridized carbons (Fsp3) is 0.0556. The maximum absolute atomic E-state index is 11.5. The second-order valence-electron chi connectivity index (χ2n) is 4.94. The summed E-state index contributed by atoms with van der Waals surface area (Å²) in [6.45, 7) is 0.389. The van der Waals surface area contributed by atoms with E-state index in [1.54, 1.807) is 12.1 Å². The lowest BCUT2D eigenvalue weighted by molar-refractivity contribution is 0.0953. The predicted octanol–water partition coefficient (Wildman–Crippen LogP) is 3.02. The molecule has 3 aromatic carbocycles. The summed E-state index contributed by atoms with van der Waals surface area (Å²) in [7, 11) is 0. The minimum atomic E-state index is -0.313. The van der Waals surface area contributed by atoms with Crippen LogP contribution in [0, 0.1) is 0 Å². The van der Waals surface area contributed by atoms with Crippen molar-refractivity contribution in [3.63, 3.8) is 0 Å². The smallest absolute Gasteiger partial charge is 0.265 e. The molecule has 4 nitrogen and oxygen atoms in total. The number of amides is 1. The molecular formula is C18H16N2O2. The molecule has 0 aliphatic heterocycles. The van der Waals surface area contributed by atoms with E-state index in [0.717, 1.165) is 22.1 Å². The number of hydrazine groups is 1. The molecule has 22 heavy (non-hydrogen) atoms. The summed E-state index contributed by atoms with van der Waals surface area (Å²) in [5, 5.41) is 2.21. The van der Waals surface area contributed by atoms with Crippen LogP contribution in [0.1, 0.15) is 15.9 Å². The molecule has 0 radical (unpaired) electrons. The van der Waals surface area contributed by atoms with Gasteiger partial charge in [-0.1, -0.05) is 48.5 Å². The molecule has 3 N–H and O–H groups in total. The number of fused-ring (bicyclic) bond motifs is 1. The molecule has 1 amide bonds. The molecule has 0 aliphatic carbocycles. The highest BCUT2D eigenvalue weighted by Gasteiger charge is 2.05. The van der Waals surface area contributed by atoms with Crippen molar-refractivity contribution in [2.45, 2.75) is 6.61 Å². The van der Waals surface area contributed by atoms with Gasteiger partial charge < -0.3 is 4.74 Å². The SMILES string of the molecule is NNC(=O)c1cccc(COc2cccc3ccccc23)c1. The van der Waals surface area contributed by atoms with Crippen LogP contribution in [0.3, 0.4) is 0 Å². The van der Waals surface area contributed by atoms with Gasteiger partial charge in [0.25, 0.3) is 5.91 Å². The van der Waals surface area contributed by atoms with Gasteiger partial charge >= 0.3 is 0 Å². The minimum Gasteiger partial charge on any atom is -0.488 e. The summed E-state index contributed by atoms with van der Waals surface area (Å²) in [6, 6.07) is 21.2. The van der Waals surface area contributed by atoms with Crippen molar-refractivity contribution in [2.75, 3.05) is 0 Å². The molecule has 0 saturated carbocycles. The Kier molecular flexibility index (Phi) is 4.03. The van der Waals surface area contributed by atoms with E-state index >= 15 is 0 Å². The van der Waals surface area contributed by atoms with E-state index in [1.807, 2.05) is 42.5 Å². The summed E-state index contributed by atoms with van der Waals surface area (Å²) >= 11 is 0. The van der Waals surface area contributed by atoms with Crippen LogP contribution in [0.25, 0.3) is 10.8 Å². The van der Waals surface area contributed by atoms with Gasteiger partial charge in [-0.05, 0) is 29.1 Å². The van der Waals surface area contributed by atoms with E-state index in [2.05, 4.69) is 17.6 Å². The standard InChI is InChI=1S/C18H16N2O2/c19-20-18(21)15-8-3-5-13(11-15)12-22-17-10-4-7-14-6-1-2-9-16(14)17/h1-11H,12,19H2,(H,20,21). The second-order valence-corrected chi connectivity index (χ2v) is 4.94. The van der Waals surface area contributed by atoms with Crippen LogP contribution in [-0.4, -0.2) is 5.91 Å². The van der Waals surface area contributed by atoms with Gasteiger partial charge in [0.05, 0.1) is 0 Å². The first kappa shape index (κ1) is 14.1. The Morgan fingerprint density at radius 3 is 2.64 bits per heavy atom. The molecular weight excluding hydrogens is 276 g/mol. The zero-order valence-electron chi connectivity index (χ0n) is 12.0. The molecule has 0 bridgehead atoms. The Hall–Kier alpha value is -2.85. The molecule has 4 heteroatoms. The van der Waals surface area contributed by atoms with E-state index in [1.165, 1.54) is 0 Å². The Morgan fingerprint density at radius 1 is 1.00 bits per heavy atom. The third-order valence-electron chi connectivity index (χ3n) is 3.46. The summed E-state index contributed by atoms with van der Waals surface area (Å²) in [4.78, 5) is 11.5. The number of hydrogen-bond donors (Lipinski definition) is 2. The van der Waals surface area contributed by atoms with E-state index in [9.17, 15) is 4.79 Å². The molecule has 110 valence electrons. The number of ether oxygens (including phenoxy) is 1. The number of hydrogen-bond acceptors (Lipinski definition) is 3. The van der Waals surface area contributed by atoms with Crippen molar-refractivity contribution in [2.24, 2.45) is 5.84 Å². The third-order valence-corrected chi connectivity index (χ3v) is 3.46. The fourth-order valence-electron chi connectivity index (χ4n) is 2.37. The van der Waals surface area contributed by atoms with Crippen LogP contribution in [0.4, 0.5) is 0 Å². The van der Waals surface area contributed by atoms with Gasteiger partial charge in [0, 0.05) is 10.9 Å².